The van der Waals surface area contributed by atoms with Crippen LogP contribution in [0.2, 0.25) is 0 Å². The number of hydrogen-bond donors (Lipinski definition) is 1. The SMILES string of the molecule is Cn1cc(CC2CCC3CCCC3N2)nn1. The van der Waals surface area contributed by atoms with Crippen LogP contribution in [-0.2, 0) is 13.5 Å². The lowest BCUT2D eigenvalue weighted by molar-refractivity contribution is 0.256. The van der Waals surface area contributed by atoms with E-state index in [4.69, 9.17) is 0 Å². The van der Waals surface area contributed by atoms with Crippen LogP contribution in [0.25, 0.3) is 0 Å². The van der Waals surface area contributed by atoms with Gasteiger partial charge in [-0.2, -0.15) is 0 Å². The fraction of sp³-hybridized carbons (Fsp3) is 0.833. The summed E-state index contributed by atoms with van der Waals surface area (Å²) in [6.07, 6.45) is 10.0. The first-order valence-corrected chi connectivity index (χ1v) is 6.42. The Balaban J connectivity index is 1.60. The number of nitrogens with one attached hydrogen (secondary N) is 1. The second-order valence-electron chi connectivity index (χ2n) is 5.33. The lowest BCUT2D eigenvalue weighted by atomic mass is 9.88. The highest BCUT2D eigenvalue weighted by molar-refractivity contribution is 4.99. The van der Waals surface area contributed by atoms with Crippen LogP contribution >= 0.6 is 0 Å². The fourth-order valence-corrected chi connectivity index (χ4v) is 3.31. The van der Waals surface area contributed by atoms with Gasteiger partial charge in [0.05, 0.1) is 5.69 Å². The Morgan fingerprint density at radius 3 is 3.12 bits per heavy atom. The maximum Gasteiger partial charge on any atom is 0.0842 e. The summed E-state index contributed by atoms with van der Waals surface area (Å²) < 4.78 is 1.79. The molecule has 0 spiro atoms. The van der Waals surface area contributed by atoms with Crippen molar-refractivity contribution in [1.29, 1.82) is 0 Å². The molecule has 3 rings (SSSR count). The molecule has 1 aromatic heterocycles. The van der Waals surface area contributed by atoms with Crippen molar-refractivity contribution in [3.8, 4) is 0 Å². The average molecular weight is 220 g/mol. The molecule has 1 aliphatic heterocycles. The van der Waals surface area contributed by atoms with E-state index < -0.39 is 0 Å². The summed E-state index contributed by atoms with van der Waals surface area (Å²) in [5.41, 5.74) is 1.12. The minimum atomic E-state index is 0.621. The van der Waals surface area contributed by atoms with E-state index in [0.29, 0.717) is 6.04 Å². The van der Waals surface area contributed by atoms with Gasteiger partial charge in [0.2, 0.25) is 0 Å². The topological polar surface area (TPSA) is 42.7 Å². The summed E-state index contributed by atoms with van der Waals surface area (Å²) in [7, 11) is 1.93. The Bertz CT molecular complexity index is 360. The molecule has 16 heavy (non-hydrogen) atoms. The molecule has 3 unspecified atom stereocenters. The molecule has 0 radical (unpaired) electrons. The molecule has 0 amide bonds. The van der Waals surface area contributed by atoms with Crippen LogP contribution in [0.4, 0.5) is 0 Å². The van der Waals surface area contributed by atoms with E-state index in [-0.39, 0.29) is 0 Å². The number of rotatable bonds is 2. The smallest absolute Gasteiger partial charge is 0.0842 e. The molecule has 1 N–H and O–H groups in total. The molecule has 3 atom stereocenters. The van der Waals surface area contributed by atoms with Crippen molar-refractivity contribution in [2.45, 2.75) is 50.6 Å². The second kappa shape index (κ2) is 4.17. The molecule has 1 saturated carbocycles. The van der Waals surface area contributed by atoms with E-state index >= 15 is 0 Å². The molecule has 2 heterocycles. The Morgan fingerprint density at radius 2 is 2.31 bits per heavy atom. The number of nitrogens with zero attached hydrogens (tertiary/aromatic N) is 3. The van der Waals surface area contributed by atoms with Crippen LogP contribution in [-0.4, -0.2) is 27.1 Å². The van der Waals surface area contributed by atoms with Crippen LogP contribution in [0.1, 0.15) is 37.8 Å². The molecule has 1 aliphatic carbocycles. The van der Waals surface area contributed by atoms with E-state index in [9.17, 15) is 0 Å². The van der Waals surface area contributed by atoms with Crippen LogP contribution < -0.4 is 5.32 Å². The third-order valence-electron chi connectivity index (χ3n) is 4.10. The first-order chi connectivity index (χ1) is 7.81. The molecule has 0 aromatic carbocycles. The van der Waals surface area contributed by atoms with E-state index in [2.05, 4.69) is 15.6 Å². The molecule has 0 bridgehead atoms. The monoisotopic (exact) mass is 220 g/mol. The van der Waals surface area contributed by atoms with Gasteiger partial charge < -0.3 is 5.32 Å². The van der Waals surface area contributed by atoms with Gasteiger partial charge in [0.15, 0.2) is 0 Å². The molecule has 4 heteroatoms. The van der Waals surface area contributed by atoms with Gasteiger partial charge in [-0.1, -0.05) is 11.6 Å². The van der Waals surface area contributed by atoms with Gasteiger partial charge in [0.1, 0.15) is 0 Å². The van der Waals surface area contributed by atoms with E-state index in [0.717, 1.165) is 24.1 Å². The maximum absolute atomic E-state index is 4.17. The molecule has 2 aliphatic rings. The van der Waals surface area contributed by atoms with Crippen molar-refractivity contribution >= 4 is 0 Å². The van der Waals surface area contributed by atoms with E-state index in [1.165, 1.54) is 32.1 Å². The zero-order valence-electron chi connectivity index (χ0n) is 9.89. The predicted octanol–water partition coefficient (Wildman–Crippen LogP) is 1.28. The van der Waals surface area contributed by atoms with Crippen molar-refractivity contribution < 1.29 is 0 Å². The van der Waals surface area contributed by atoms with Crippen molar-refractivity contribution in [2.24, 2.45) is 13.0 Å². The largest absolute Gasteiger partial charge is 0.311 e. The summed E-state index contributed by atoms with van der Waals surface area (Å²) in [5.74, 6) is 0.957. The number of aryl methyl sites for hydroxylation is 1. The highest BCUT2D eigenvalue weighted by atomic mass is 15.4. The predicted molar refractivity (Wildman–Crippen MR) is 62.0 cm³/mol. The standard InChI is InChI=1S/C12H20N4/c1-16-8-11(14-15-16)7-10-6-5-9-3-2-4-12(9)13-10/h8-10,12-13H,2-7H2,1H3. The van der Waals surface area contributed by atoms with E-state index in [1.54, 1.807) is 4.68 Å². The fourth-order valence-electron chi connectivity index (χ4n) is 3.31. The van der Waals surface area contributed by atoms with Crippen LogP contribution in [0, 0.1) is 5.92 Å². The zero-order valence-corrected chi connectivity index (χ0v) is 9.89. The van der Waals surface area contributed by atoms with Gasteiger partial charge in [0.25, 0.3) is 0 Å². The van der Waals surface area contributed by atoms with Crippen LogP contribution in [0.3, 0.4) is 0 Å². The lowest BCUT2D eigenvalue weighted by Gasteiger charge is -2.33. The first-order valence-electron chi connectivity index (χ1n) is 6.42. The summed E-state index contributed by atoms with van der Waals surface area (Å²) >= 11 is 0. The number of fused-ring (bicyclic) bond motifs is 1. The van der Waals surface area contributed by atoms with Crippen molar-refractivity contribution in [3.63, 3.8) is 0 Å². The maximum atomic E-state index is 4.17. The summed E-state index contributed by atoms with van der Waals surface area (Å²) in [4.78, 5) is 0. The van der Waals surface area contributed by atoms with Crippen molar-refractivity contribution in [2.75, 3.05) is 0 Å². The quantitative estimate of drug-likeness (QED) is 0.816. The van der Waals surface area contributed by atoms with Gasteiger partial charge >= 0.3 is 0 Å². The molecule has 4 nitrogen and oxygen atoms in total. The van der Waals surface area contributed by atoms with Gasteiger partial charge in [-0.3, -0.25) is 4.68 Å². The minimum Gasteiger partial charge on any atom is -0.311 e. The zero-order chi connectivity index (χ0) is 11.0. The Labute approximate surface area is 96.4 Å². The Morgan fingerprint density at radius 1 is 1.38 bits per heavy atom. The molecule has 1 saturated heterocycles. The lowest BCUT2D eigenvalue weighted by Crippen LogP contribution is -2.46. The highest BCUT2D eigenvalue weighted by Crippen LogP contribution is 2.33. The minimum absolute atomic E-state index is 0.621. The number of hydrogen-bond acceptors (Lipinski definition) is 3. The molecule has 88 valence electrons. The van der Waals surface area contributed by atoms with E-state index in [1.807, 2.05) is 13.2 Å². The first kappa shape index (κ1) is 10.3. The normalized spacial score (nSPS) is 33.9. The van der Waals surface area contributed by atoms with Gasteiger partial charge in [-0.05, 0) is 31.6 Å². The number of piperidine rings is 1. The van der Waals surface area contributed by atoms with Gasteiger partial charge in [-0.15, -0.1) is 5.10 Å². The van der Waals surface area contributed by atoms with Gasteiger partial charge in [-0.25, -0.2) is 0 Å². The van der Waals surface area contributed by atoms with Crippen molar-refractivity contribution in [3.05, 3.63) is 11.9 Å². The molecular formula is C12H20N4. The second-order valence-corrected chi connectivity index (χ2v) is 5.33. The number of aromatic nitrogens is 3. The average Bonchev–Trinajstić information content (AvgIpc) is 2.87. The highest BCUT2D eigenvalue weighted by Gasteiger charge is 2.33. The Kier molecular flexibility index (Phi) is 2.67. The molecule has 1 aromatic rings. The van der Waals surface area contributed by atoms with Gasteiger partial charge in [0, 0.05) is 31.7 Å². The summed E-state index contributed by atoms with van der Waals surface area (Å²) in [6.45, 7) is 0. The van der Waals surface area contributed by atoms with Crippen molar-refractivity contribution in [1.82, 2.24) is 20.3 Å². The van der Waals surface area contributed by atoms with Crippen LogP contribution in [0.15, 0.2) is 6.20 Å². The summed E-state index contributed by atoms with van der Waals surface area (Å²) in [6, 6.07) is 1.41. The van der Waals surface area contributed by atoms with Crippen LogP contribution in [0.5, 0.6) is 0 Å². The third-order valence-corrected chi connectivity index (χ3v) is 4.10. The molecular weight excluding hydrogens is 200 g/mol. The molecule has 2 fully saturated rings. The third kappa shape index (κ3) is 1.98. The summed E-state index contributed by atoms with van der Waals surface area (Å²) in [5, 5.41) is 12.0. The Hall–Kier alpha value is -0.900.